The number of hydrogen-bond acceptors (Lipinski definition) is 2. The zero-order valence-electron chi connectivity index (χ0n) is 16.5. The zero-order chi connectivity index (χ0) is 17.7. The summed E-state index contributed by atoms with van der Waals surface area (Å²) >= 11 is 0. The summed E-state index contributed by atoms with van der Waals surface area (Å²) < 4.78 is 4.98. The van der Waals surface area contributed by atoms with Gasteiger partial charge in [0.25, 0.3) is 0 Å². The first kappa shape index (κ1) is 23.2. The molecule has 0 aliphatic carbocycles. The van der Waals surface area contributed by atoms with Gasteiger partial charge in [0.05, 0.1) is 6.26 Å². The van der Waals surface area contributed by atoms with E-state index < -0.39 is 0 Å². The van der Waals surface area contributed by atoms with Gasteiger partial charge in [0.15, 0.2) is 0 Å². The van der Waals surface area contributed by atoms with Gasteiger partial charge in [-0.2, -0.15) is 0 Å². The van der Waals surface area contributed by atoms with Gasteiger partial charge >= 0.3 is 5.97 Å². The number of unbranched alkanes of at least 4 members (excludes halogenated alkanes) is 14. The van der Waals surface area contributed by atoms with E-state index in [9.17, 15) is 4.79 Å². The Kier molecular flexibility index (Phi) is 19.6. The molecule has 0 aromatic rings. The van der Waals surface area contributed by atoms with Gasteiger partial charge in [-0.25, -0.2) is 0 Å². The number of esters is 1. The molecular weight excluding hydrogens is 296 g/mol. The summed E-state index contributed by atoms with van der Waals surface area (Å²) in [6.45, 7) is 4.27. The molecule has 0 amide bonds. The third kappa shape index (κ3) is 19.3. The Morgan fingerprint density at radius 2 is 1.12 bits per heavy atom. The second kappa shape index (κ2) is 20.3. The average molecular weight is 339 g/mol. The minimum absolute atomic E-state index is 0.116. The fourth-order valence-electron chi connectivity index (χ4n) is 2.91. The van der Waals surface area contributed by atoms with Crippen molar-refractivity contribution < 1.29 is 9.53 Å². The molecule has 0 aliphatic rings. The molecule has 24 heavy (non-hydrogen) atoms. The van der Waals surface area contributed by atoms with Crippen molar-refractivity contribution in [2.24, 2.45) is 0 Å². The number of ether oxygens (including phenoxy) is 1. The van der Waals surface area contributed by atoms with E-state index in [0.717, 1.165) is 12.8 Å². The molecule has 142 valence electrons. The Morgan fingerprint density at radius 1 is 0.667 bits per heavy atom. The predicted octanol–water partition coefficient (Wildman–Crippen LogP) is 7.71. The zero-order valence-corrected chi connectivity index (χ0v) is 16.5. The molecule has 0 aromatic carbocycles. The monoisotopic (exact) mass is 338 g/mol. The summed E-state index contributed by atoms with van der Waals surface area (Å²) in [5.74, 6) is -0.116. The van der Waals surface area contributed by atoms with Crippen LogP contribution in [0, 0.1) is 0 Å². The fraction of sp³-hybridized carbons (Fsp3) is 0.864. The third-order valence-corrected chi connectivity index (χ3v) is 4.47. The molecule has 0 aromatic heterocycles. The molecule has 0 radical (unpaired) electrons. The van der Waals surface area contributed by atoms with Crippen molar-refractivity contribution in [1.29, 1.82) is 0 Å². The SMILES string of the molecule is CCCCCCCCCCCCCCCCC=COC(=O)CCC. The van der Waals surface area contributed by atoms with Crippen LogP contribution in [0.5, 0.6) is 0 Å². The molecule has 0 heterocycles. The number of carbonyl (C=O) groups is 1. The van der Waals surface area contributed by atoms with Crippen LogP contribution in [-0.2, 0) is 9.53 Å². The maximum absolute atomic E-state index is 11.1. The predicted molar refractivity (Wildman–Crippen MR) is 105 cm³/mol. The van der Waals surface area contributed by atoms with Crippen LogP contribution in [0.2, 0.25) is 0 Å². The lowest BCUT2D eigenvalue weighted by Gasteiger charge is -2.02. The van der Waals surface area contributed by atoms with Gasteiger partial charge in [0, 0.05) is 6.42 Å². The lowest BCUT2D eigenvalue weighted by atomic mass is 10.0. The molecule has 2 nitrogen and oxygen atoms in total. The third-order valence-electron chi connectivity index (χ3n) is 4.47. The van der Waals surface area contributed by atoms with E-state index in [1.807, 2.05) is 13.0 Å². The highest BCUT2D eigenvalue weighted by molar-refractivity contribution is 5.69. The van der Waals surface area contributed by atoms with Gasteiger partial charge in [-0.1, -0.05) is 97.3 Å². The van der Waals surface area contributed by atoms with Crippen molar-refractivity contribution in [2.45, 2.75) is 123 Å². The minimum Gasteiger partial charge on any atom is -0.435 e. The van der Waals surface area contributed by atoms with Crippen LogP contribution >= 0.6 is 0 Å². The van der Waals surface area contributed by atoms with E-state index in [1.165, 1.54) is 89.9 Å². The van der Waals surface area contributed by atoms with Crippen molar-refractivity contribution in [2.75, 3.05) is 0 Å². The van der Waals surface area contributed by atoms with Gasteiger partial charge in [-0.3, -0.25) is 4.79 Å². The highest BCUT2D eigenvalue weighted by Crippen LogP contribution is 2.13. The largest absolute Gasteiger partial charge is 0.435 e. The summed E-state index contributed by atoms with van der Waals surface area (Å²) in [7, 11) is 0. The van der Waals surface area contributed by atoms with Gasteiger partial charge in [0.2, 0.25) is 0 Å². The van der Waals surface area contributed by atoms with Gasteiger partial charge < -0.3 is 4.74 Å². The molecule has 2 heteroatoms. The summed E-state index contributed by atoms with van der Waals surface area (Å²) in [6, 6.07) is 0. The van der Waals surface area contributed by atoms with Crippen molar-refractivity contribution >= 4 is 5.97 Å². The first-order valence-corrected chi connectivity index (χ1v) is 10.7. The van der Waals surface area contributed by atoms with E-state index in [0.29, 0.717) is 6.42 Å². The van der Waals surface area contributed by atoms with Gasteiger partial charge in [-0.05, 0) is 25.3 Å². The molecule has 0 bridgehead atoms. The fourth-order valence-corrected chi connectivity index (χ4v) is 2.91. The molecule has 0 fully saturated rings. The number of hydrogen-bond donors (Lipinski definition) is 0. The van der Waals surface area contributed by atoms with Crippen LogP contribution in [-0.4, -0.2) is 5.97 Å². The average Bonchev–Trinajstić information content (AvgIpc) is 2.58. The van der Waals surface area contributed by atoms with Gasteiger partial charge in [0.1, 0.15) is 0 Å². The highest BCUT2D eigenvalue weighted by atomic mass is 16.5. The quantitative estimate of drug-likeness (QED) is 0.145. The molecule has 0 N–H and O–H groups in total. The lowest BCUT2D eigenvalue weighted by molar-refractivity contribution is -0.138. The van der Waals surface area contributed by atoms with Crippen LogP contribution in [0.4, 0.5) is 0 Å². The normalized spacial score (nSPS) is 11.2. The summed E-state index contributed by atoms with van der Waals surface area (Å²) in [6.07, 6.45) is 25.4. The van der Waals surface area contributed by atoms with E-state index >= 15 is 0 Å². The number of rotatable bonds is 18. The van der Waals surface area contributed by atoms with E-state index in [4.69, 9.17) is 4.74 Å². The van der Waals surface area contributed by atoms with Crippen LogP contribution in [0.25, 0.3) is 0 Å². The Hall–Kier alpha value is -0.790. The second-order valence-corrected chi connectivity index (χ2v) is 7.00. The molecule has 0 atom stereocenters. The smallest absolute Gasteiger partial charge is 0.310 e. The molecule has 0 saturated carbocycles. The molecule has 0 aliphatic heterocycles. The summed E-state index contributed by atoms with van der Waals surface area (Å²) in [4.78, 5) is 11.1. The molecule has 0 unspecified atom stereocenters. The second-order valence-electron chi connectivity index (χ2n) is 7.00. The van der Waals surface area contributed by atoms with Crippen LogP contribution in [0.15, 0.2) is 12.3 Å². The standard InChI is InChI=1S/C22H42O2/c1-3-5-6-7-8-9-10-11-12-13-14-15-16-17-18-19-21-24-22(23)20-4-2/h19,21H,3-18,20H2,1-2H3. The Morgan fingerprint density at radius 3 is 1.58 bits per heavy atom. The van der Waals surface area contributed by atoms with Crippen molar-refractivity contribution in [1.82, 2.24) is 0 Å². The number of carbonyl (C=O) groups excluding carboxylic acids is 1. The first-order chi connectivity index (χ1) is 11.8. The summed E-state index contributed by atoms with van der Waals surface area (Å²) in [5.41, 5.74) is 0. The van der Waals surface area contributed by atoms with Crippen molar-refractivity contribution in [3.8, 4) is 0 Å². The Balaban J connectivity index is 3.10. The maximum atomic E-state index is 11.1. The Labute approximate surface area is 151 Å². The van der Waals surface area contributed by atoms with E-state index in [1.54, 1.807) is 6.26 Å². The molecule has 0 saturated heterocycles. The molecular formula is C22H42O2. The van der Waals surface area contributed by atoms with E-state index in [2.05, 4.69) is 6.92 Å². The minimum atomic E-state index is -0.116. The first-order valence-electron chi connectivity index (χ1n) is 10.7. The lowest BCUT2D eigenvalue weighted by Crippen LogP contribution is -1.97. The summed E-state index contributed by atoms with van der Waals surface area (Å²) in [5, 5.41) is 0. The van der Waals surface area contributed by atoms with E-state index in [-0.39, 0.29) is 5.97 Å². The number of allylic oxidation sites excluding steroid dienone is 1. The topological polar surface area (TPSA) is 26.3 Å². The molecule has 0 spiro atoms. The Bertz CT molecular complexity index is 284. The van der Waals surface area contributed by atoms with Crippen molar-refractivity contribution in [3.05, 3.63) is 12.3 Å². The van der Waals surface area contributed by atoms with Gasteiger partial charge in [-0.15, -0.1) is 0 Å². The van der Waals surface area contributed by atoms with Crippen LogP contribution in [0.3, 0.4) is 0 Å². The molecule has 0 rings (SSSR count). The van der Waals surface area contributed by atoms with Crippen molar-refractivity contribution in [3.63, 3.8) is 0 Å². The van der Waals surface area contributed by atoms with Crippen LogP contribution < -0.4 is 0 Å². The van der Waals surface area contributed by atoms with Crippen LogP contribution in [0.1, 0.15) is 123 Å². The maximum Gasteiger partial charge on any atom is 0.310 e. The highest BCUT2D eigenvalue weighted by Gasteiger charge is 1.96.